The number of carbonyl (C=O) groups excluding carboxylic acids is 4. The summed E-state index contributed by atoms with van der Waals surface area (Å²) in [5.74, 6) is -2.26. The fraction of sp³-hybridized carbons (Fsp3) is 0.654. The van der Waals surface area contributed by atoms with Crippen LogP contribution < -0.4 is 0 Å². The molecule has 0 bridgehead atoms. The van der Waals surface area contributed by atoms with Crippen LogP contribution in [0.5, 0.6) is 0 Å². The van der Waals surface area contributed by atoms with Crippen molar-refractivity contribution >= 4 is 39.5 Å². The van der Waals surface area contributed by atoms with Gasteiger partial charge in [0.05, 0.1) is 26.4 Å². The zero-order valence-corrected chi connectivity index (χ0v) is 63.9. The Kier molecular flexibility index (Phi) is 68.6. The van der Waals surface area contributed by atoms with Gasteiger partial charge in [0, 0.05) is 25.7 Å². The molecule has 5 atom stereocenters. The lowest BCUT2D eigenvalue weighted by Crippen LogP contribution is -2.30. The average molecular weight is 1440 g/mol. The Bertz CT molecular complexity index is 2470. The highest BCUT2D eigenvalue weighted by molar-refractivity contribution is 7.47. The number of hydrogen-bond donors (Lipinski definition) is 3. The largest absolute Gasteiger partial charge is 0.472 e. The maximum Gasteiger partial charge on any atom is 0.472 e. The molecule has 0 amide bonds. The average Bonchev–Trinajstić information content (AvgIpc) is 1.06. The van der Waals surface area contributed by atoms with E-state index in [1.165, 1.54) is 0 Å². The molecule has 0 saturated carbocycles. The molecule has 19 heteroatoms. The van der Waals surface area contributed by atoms with Gasteiger partial charge in [0.2, 0.25) is 0 Å². The van der Waals surface area contributed by atoms with Crippen molar-refractivity contribution in [3.8, 4) is 0 Å². The molecule has 0 rings (SSSR count). The first-order valence-corrected chi connectivity index (χ1v) is 41.1. The zero-order chi connectivity index (χ0) is 73.2. The van der Waals surface area contributed by atoms with Gasteiger partial charge in [-0.3, -0.25) is 37.3 Å². The lowest BCUT2D eigenvalue weighted by atomic mass is 10.1. The smallest absolute Gasteiger partial charge is 0.462 e. The van der Waals surface area contributed by atoms with Gasteiger partial charge in [0.1, 0.15) is 19.3 Å². The van der Waals surface area contributed by atoms with Gasteiger partial charge in [-0.1, -0.05) is 251 Å². The van der Waals surface area contributed by atoms with Crippen molar-refractivity contribution in [2.75, 3.05) is 39.6 Å². The van der Waals surface area contributed by atoms with Gasteiger partial charge in [-0.25, -0.2) is 9.13 Å². The summed E-state index contributed by atoms with van der Waals surface area (Å²) in [4.78, 5) is 72.9. The number of unbranched alkanes of at least 4 members (excludes halogenated alkanes) is 20. The van der Waals surface area contributed by atoms with Gasteiger partial charge in [-0.2, -0.15) is 0 Å². The van der Waals surface area contributed by atoms with Crippen LogP contribution in [-0.2, 0) is 65.4 Å². The van der Waals surface area contributed by atoms with Crippen LogP contribution in [0.3, 0.4) is 0 Å². The van der Waals surface area contributed by atoms with Crippen LogP contribution in [0.2, 0.25) is 0 Å². The van der Waals surface area contributed by atoms with Gasteiger partial charge in [-0.15, -0.1) is 0 Å². The number of ether oxygens (including phenoxy) is 4. The maximum absolute atomic E-state index is 13.1. The first kappa shape index (κ1) is 94.9. The molecule has 0 spiro atoms. The Hall–Kier alpha value is -5.06. The molecule has 100 heavy (non-hydrogen) atoms. The summed E-state index contributed by atoms with van der Waals surface area (Å²) in [6.07, 6.45) is 81.2. The van der Waals surface area contributed by atoms with Gasteiger partial charge < -0.3 is 33.8 Å². The molecular formula is C81H134O17P2. The molecule has 17 nitrogen and oxygen atoms in total. The number of allylic oxidation sites excluding steroid dienone is 24. The number of esters is 4. The van der Waals surface area contributed by atoms with E-state index < -0.39 is 97.5 Å². The van der Waals surface area contributed by atoms with E-state index in [2.05, 4.69) is 174 Å². The lowest BCUT2D eigenvalue weighted by molar-refractivity contribution is -0.161. The summed E-state index contributed by atoms with van der Waals surface area (Å²) in [5.41, 5.74) is 0. The predicted molar refractivity (Wildman–Crippen MR) is 408 cm³/mol. The minimum absolute atomic E-state index is 0.0649. The number of aliphatic hydroxyl groups is 1. The topological polar surface area (TPSA) is 237 Å². The molecule has 0 aliphatic rings. The van der Waals surface area contributed by atoms with Crippen LogP contribution in [-0.4, -0.2) is 96.7 Å². The van der Waals surface area contributed by atoms with E-state index in [0.29, 0.717) is 25.7 Å². The first-order valence-electron chi connectivity index (χ1n) is 38.1. The van der Waals surface area contributed by atoms with Crippen LogP contribution in [0.4, 0.5) is 0 Å². The van der Waals surface area contributed by atoms with Crippen LogP contribution in [0.15, 0.2) is 146 Å². The molecule has 0 radical (unpaired) electrons. The van der Waals surface area contributed by atoms with Crippen molar-refractivity contribution in [3.05, 3.63) is 146 Å². The fourth-order valence-electron chi connectivity index (χ4n) is 9.57. The van der Waals surface area contributed by atoms with Crippen molar-refractivity contribution < 1.29 is 80.2 Å². The number of rotatable bonds is 70. The number of hydrogen-bond acceptors (Lipinski definition) is 15. The van der Waals surface area contributed by atoms with Gasteiger partial charge in [0.15, 0.2) is 12.2 Å². The molecular weight excluding hydrogens is 1310 g/mol. The summed E-state index contributed by atoms with van der Waals surface area (Å²) in [7, 11) is -9.98. The number of phosphoric ester groups is 2. The van der Waals surface area contributed by atoms with Gasteiger partial charge in [-0.05, 0) is 154 Å². The Morgan fingerprint density at radius 3 is 0.800 bits per heavy atom. The highest BCUT2D eigenvalue weighted by Crippen LogP contribution is 2.45. The Morgan fingerprint density at radius 1 is 0.290 bits per heavy atom. The second-order valence-electron chi connectivity index (χ2n) is 24.8. The van der Waals surface area contributed by atoms with E-state index in [4.69, 9.17) is 37.0 Å². The highest BCUT2D eigenvalue weighted by atomic mass is 31.2. The Balaban J connectivity index is 5.41. The molecule has 5 unspecified atom stereocenters. The molecule has 0 aliphatic heterocycles. The van der Waals surface area contributed by atoms with Crippen LogP contribution in [0.25, 0.3) is 0 Å². The van der Waals surface area contributed by atoms with Crippen LogP contribution in [0.1, 0.15) is 285 Å². The van der Waals surface area contributed by atoms with Crippen LogP contribution in [0, 0.1) is 0 Å². The normalized spacial score (nSPS) is 14.8. The fourth-order valence-corrected chi connectivity index (χ4v) is 11.1. The third kappa shape index (κ3) is 71.3. The van der Waals surface area contributed by atoms with Crippen LogP contribution >= 0.6 is 15.6 Å². The second-order valence-corrected chi connectivity index (χ2v) is 27.7. The molecule has 0 heterocycles. The Morgan fingerprint density at radius 2 is 0.520 bits per heavy atom. The van der Waals surface area contributed by atoms with E-state index >= 15 is 0 Å². The van der Waals surface area contributed by atoms with Gasteiger partial charge >= 0.3 is 39.5 Å². The van der Waals surface area contributed by atoms with Crippen molar-refractivity contribution in [2.24, 2.45) is 0 Å². The van der Waals surface area contributed by atoms with E-state index in [1.807, 2.05) is 0 Å². The summed E-state index contributed by atoms with van der Waals surface area (Å²) in [6, 6.07) is 0. The van der Waals surface area contributed by atoms with Crippen molar-refractivity contribution in [3.63, 3.8) is 0 Å². The van der Waals surface area contributed by atoms with Gasteiger partial charge in [0.25, 0.3) is 0 Å². The predicted octanol–water partition coefficient (Wildman–Crippen LogP) is 21.9. The third-order valence-electron chi connectivity index (χ3n) is 15.3. The summed E-state index contributed by atoms with van der Waals surface area (Å²) in [5, 5.41) is 10.6. The standard InChI is InChI=1S/C81H134O17P2/c1-5-9-13-17-21-25-29-33-36-37-40-43-46-50-54-58-62-66-79(84)92-72-77(98-81(86)68-64-60-56-52-48-44-39-35-31-27-23-19-15-11-7-3)74-96-100(89,90)94-70-75(82)69-93-99(87,88)95-73-76(97-80(85)67-63-59-55-51-47-41-32-28-24-20-16-12-8-4)71-91-78(83)65-61-57-53-49-45-42-38-34-30-26-22-18-14-10-6-2/h9-11,13-16,20-23,25-28,32-36,38-40,43,75-77,82H,5-8,12,17-19,24,29-31,37,41-42,44-74H2,1-4H3,(H,87,88)(H,89,90)/b13-9-,14-10-,15-11-,20-16-,25-21-,26-22-,27-23-,32-28-,36-33-,38-34-,39-35-,43-40-. The molecule has 570 valence electrons. The van der Waals surface area contributed by atoms with E-state index in [-0.39, 0.29) is 25.7 Å². The summed E-state index contributed by atoms with van der Waals surface area (Å²) < 4.78 is 68.4. The molecule has 0 aromatic heterocycles. The maximum atomic E-state index is 13.1. The zero-order valence-electron chi connectivity index (χ0n) is 62.1. The lowest BCUT2D eigenvalue weighted by Gasteiger charge is -2.21. The quantitative estimate of drug-likeness (QED) is 0.0169. The second kappa shape index (κ2) is 72.3. The minimum atomic E-state index is -4.99. The molecule has 0 aromatic rings. The molecule has 0 fully saturated rings. The molecule has 3 N–H and O–H groups in total. The summed E-state index contributed by atoms with van der Waals surface area (Å²) in [6.45, 7) is 4.37. The molecule has 0 saturated heterocycles. The first-order chi connectivity index (χ1) is 48.7. The van der Waals surface area contributed by atoms with E-state index in [0.717, 1.165) is 205 Å². The SMILES string of the molecule is CC/C=C\C/C=C\C/C=C\C/C=C\CCCCCCC(=O)OCC(COP(=O)(O)OCC(O)COP(=O)(O)OCC(COC(=O)CCCCCCC/C=C\C/C=C\C/C=C\CC)OC(=O)CCCCCCC/C=C\C/C=C\CCC)OC(=O)CCCCCCC/C=C\C/C=C\C/C=C\CC. The highest BCUT2D eigenvalue weighted by Gasteiger charge is 2.30. The third-order valence-corrected chi connectivity index (χ3v) is 17.2. The monoisotopic (exact) mass is 1440 g/mol. The molecule has 0 aliphatic carbocycles. The number of aliphatic hydroxyl groups excluding tert-OH is 1. The van der Waals surface area contributed by atoms with E-state index in [1.54, 1.807) is 0 Å². The van der Waals surface area contributed by atoms with E-state index in [9.17, 15) is 43.2 Å². The minimum Gasteiger partial charge on any atom is -0.462 e. The van der Waals surface area contributed by atoms with Crippen molar-refractivity contribution in [1.29, 1.82) is 0 Å². The Labute approximate surface area is 605 Å². The molecule has 0 aromatic carbocycles. The summed E-state index contributed by atoms with van der Waals surface area (Å²) >= 11 is 0. The van der Waals surface area contributed by atoms with Crippen molar-refractivity contribution in [2.45, 2.75) is 303 Å². The van der Waals surface area contributed by atoms with Crippen molar-refractivity contribution in [1.82, 2.24) is 0 Å². The number of phosphoric acid groups is 2. The number of carbonyl (C=O) groups is 4.